The van der Waals surface area contributed by atoms with E-state index < -0.39 is 0 Å². The highest BCUT2D eigenvalue weighted by Gasteiger charge is 2.40. The van der Waals surface area contributed by atoms with Crippen molar-refractivity contribution in [3.05, 3.63) is 120 Å². The Morgan fingerprint density at radius 3 is 2.00 bits per heavy atom. The van der Waals surface area contributed by atoms with Crippen molar-refractivity contribution in [1.82, 2.24) is 14.8 Å². The van der Waals surface area contributed by atoms with Crippen molar-refractivity contribution in [1.29, 1.82) is 0 Å². The summed E-state index contributed by atoms with van der Waals surface area (Å²) in [5, 5.41) is 4.91. The molecule has 0 radical (unpaired) electrons. The maximum Gasteiger partial charge on any atom is 0.260 e. The lowest BCUT2D eigenvalue weighted by atomic mass is 9.34. The third kappa shape index (κ3) is 5.02. The molecule has 4 heterocycles. The number of ether oxygens (including phenoxy) is 2. The first-order chi connectivity index (χ1) is 23.1. The minimum atomic E-state index is -0.0707. The van der Waals surface area contributed by atoms with E-state index in [1.54, 1.807) is 0 Å². The number of nitrogens with zero attached hydrogens (tertiary/aromatic N) is 3. The fraction of sp³-hybridized carbons (Fsp3) is 0.238. The van der Waals surface area contributed by atoms with Gasteiger partial charge in [-0.15, -0.1) is 0 Å². The molecular weight excluding hydrogens is 589 g/mol. The van der Waals surface area contributed by atoms with E-state index >= 15 is 0 Å². The maximum atomic E-state index is 6.53. The minimum absolute atomic E-state index is 0.0263. The Balaban J connectivity index is 1.25. The van der Waals surface area contributed by atoms with Crippen molar-refractivity contribution in [3.63, 3.8) is 0 Å². The Morgan fingerprint density at radius 2 is 1.33 bits per heavy atom. The Labute approximate surface area is 283 Å². The number of hydrogen-bond acceptors (Lipinski definition) is 4. The standard InChI is InChI=1S/C42H40BN3O2/c1-25(2)31-10-8-11-32(26(3)4)40(31)28-23-45-46(24-28)30-15-17-37-34(22-30)43-33-20-27(35-21-29(18-19-44-35)42(5,6)7)14-16-36(33)47-38-12-9-13-39(48-37)41(38)43/h8-26H,1-7H3. The van der Waals surface area contributed by atoms with Gasteiger partial charge in [-0.25, -0.2) is 4.68 Å². The third-order valence-electron chi connectivity index (χ3n) is 9.81. The molecule has 0 amide bonds. The van der Waals surface area contributed by atoms with Crippen LogP contribution in [0.5, 0.6) is 23.0 Å². The summed E-state index contributed by atoms with van der Waals surface area (Å²) in [6.45, 7) is 15.7. The Bertz CT molecular complexity index is 2170. The Kier molecular flexibility index (Phi) is 7.10. The zero-order valence-electron chi connectivity index (χ0n) is 28.7. The second-order valence-electron chi connectivity index (χ2n) is 14.8. The number of fused-ring (bicyclic) bond motifs is 4. The molecule has 0 bridgehead atoms. The van der Waals surface area contributed by atoms with Gasteiger partial charge in [0.25, 0.3) is 6.71 Å². The van der Waals surface area contributed by atoms with E-state index in [1.165, 1.54) is 22.3 Å². The molecule has 0 aliphatic carbocycles. The molecule has 2 aromatic heterocycles. The van der Waals surface area contributed by atoms with Crippen molar-refractivity contribution >= 4 is 23.1 Å². The largest absolute Gasteiger partial charge is 0.458 e. The van der Waals surface area contributed by atoms with Gasteiger partial charge in [-0.1, -0.05) is 78.8 Å². The molecule has 238 valence electrons. The summed E-state index contributed by atoms with van der Waals surface area (Å²) < 4.78 is 15.0. The van der Waals surface area contributed by atoms with Gasteiger partial charge in [0.15, 0.2) is 0 Å². The predicted octanol–water partition coefficient (Wildman–Crippen LogP) is 8.87. The highest BCUT2D eigenvalue weighted by Crippen LogP contribution is 2.38. The smallest absolute Gasteiger partial charge is 0.260 e. The van der Waals surface area contributed by atoms with Gasteiger partial charge in [-0.3, -0.25) is 4.98 Å². The second-order valence-corrected chi connectivity index (χ2v) is 14.8. The summed E-state index contributed by atoms with van der Waals surface area (Å²) in [4.78, 5) is 4.78. The molecule has 0 unspecified atom stereocenters. The predicted molar refractivity (Wildman–Crippen MR) is 197 cm³/mol. The molecular formula is C42H40BN3O2. The first-order valence-corrected chi connectivity index (χ1v) is 17.0. The molecule has 0 saturated carbocycles. The zero-order valence-corrected chi connectivity index (χ0v) is 28.7. The van der Waals surface area contributed by atoms with Gasteiger partial charge in [-0.2, -0.15) is 5.10 Å². The molecule has 6 heteroatoms. The molecule has 0 spiro atoms. The number of hydrogen-bond donors (Lipinski definition) is 0. The maximum absolute atomic E-state index is 6.53. The SMILES string of the molecule is CC(C)c1cccc(C(C)C)c1-c1cnn(-c2ccc3c(c2)B2c4cc(-c5cc(C(C)(C)C)ccn5)ccc4Oc4cccc(c42)O3)c1. The molecule has 0 N–H and O–H groups in total. The molecule has 4 aromatic carbocycles. The summed E-state index contributed by atoms with van der Waals surface area (Å²) in [5.41, 5.74) is 12.7. The van der Waals surface area contributed by atoms with Crippen LogP contribution in [0.1, 0.15) is 77.0 Å². The molecule has 8 rings (SSSR count). The van der Waals surface area contributed by atoms with Crippen molar-refractivity contribution in [3.8, 4) is 51.1 Å². The molecule has 6 aromatic rings. The second kappa shape index (κ2) is 11.3. The van der Waals surface area contributed by atoms with E-state index in [4.69, 9.17) is 19.6 Å². The molecule has 0 saturated heterocycles. The van der Waals surface area contributed by atoms with Crippen LogP contribution in [0.3, 0.4) is 0 Å². The van der Waals surface area contributed by atoms with E-state index in [0.717, 1.165) is 61.9 Å². The van der Waals surface area contributed by atoms with Crippen molar-refractivity contribution in [2.24, 2.45) is 0 Å². The van der Waals surface area contributed by atoms with Gasteiger partial charge in [0, 0.05) is 23.4 Å². The lowest BCUT2D eigenvalue weighted by molar-refractivity contribution is 0.464. The summed E-state index contributed by atoms with van der Waals surface area (Å²) in [6.07, 6.45) is 6.09. The summed E-state index contributed by atoms with van der Waals surface area (Å²) in [5.74, 6) is 4.17. The summed E-state index contributed by atoms with van der Waals surface area (Å²) >= 11 is 0. The Hall–Kier alpha value is -5.10. The first-order valence-electron chi connectivity index (χ1n) is 17.0. The van der Waals surface area contributed by atoms with Crippen LogP contribution in [-0.4, -0.2) is 21.5 Å². The average molecular weight is 630 g/mol. The lowest BCUT2D eigenvalue weighted by Gasteiger charge is -2.33. The van der Waals surface area contributed by atoms with Crippen molar-refractivity contribution in [2.45, 2.75) is 65.7 Å². The van der Waals surface area contributed by atoms with E-state index in [-0.39, 0.29) is 12.1 Å². The normalized spacial score (nSPS) is 13.1. The number of pyridine rings is 1. The van der Waals surface area contributed by atoms with Crippen molar-refractivity contribution in [2.75, 3.05) is 0 Å². The van der Waals surface area contributed by atoms with Crippen LogP contribution in [-0.2, 0) is 5.41 Å². The summed E-state index contributed by atoms with van der Waals surface area (Å²) in [7, 11) is 0. The monoisotopic (exact) mass is 629 g/mol. The quantitative estimate of drug-likeness (QED) is 0.179. The molecule has 0 fully saturated rings. The molecule has 2 aliphatic rings. The average Bonchev–Trinajstić information content (AvgIpc) is 3.57. The van der Waals surface area contributed by atoms with Crippen LogP contribution in [0.4, 0.5) is 0 Å². The van der Waals surface area contributed by atoms with E-state index in [0.29, 0.717) is 11.8 Å². The van der Waals surface area contributed by atoms with Gasteiger partial charge >= 0.3 is 0 Å². The van der Waals surface area contributed by atoms with Gasteiger partial charge in [-0.05, 0) is 111 Å². The number of benzene rings is 4. The van der Waals surface area contributed by atoms with Crippen LogP contribution < -0.4 is 25.9 Å². The topological polar surface area (TPSA) is 49.2 Å². The van der Waals surface area contributed by atoms with Gasteiger partial charge in [0.2, 0.25) is 0 Å². The zero-order chi connectivity index (χ0) is 33.3. The molecule has 48 heavy (non-hydrogen) atoms. The van der Waals surface area contributed by atoms with Gasteiger partial charge in [0.1, 0.15) is 23.0 Å². The van der Waals surface area contributed by atoms with Crippen molar-refractivity contribution < 1.29 is 9.47 Å². The third-order valence-corrected chi connectivity index (χ3v) is 9.81. The van der Waals surface area contributed by atoms with Gasteiger partial charge in [0.05, 0.1) is 17.6 Å². The lowest BCUT2D eigenvalue weighted by Crippen LogP contribution is -2.57. The van der Waals surface area contributed by atoms with Gasteiger partial charge < -0.3 is 9.47 Å². The van der Waals surface area contributed by atoms with Crippen LogP contribution >= 0.6 is 0 Å². The van der Waals surface area contributed by atoms with Crippen LogP contribution in [0.25, 0.3) is 28.1 Å². The Morgan fingerprint density at radius 1 is 0.688 bits per heavy atom. The fourth-order valence-corrected chi connectivity index (χ4v) is 7.26. The number of aromatic nitrogens is 3. The van der Waals surface area contributed by atoms with E-state index in [9.17, 15) is 0 Å². The highest BCUT2D eigenvalue weighted by molar-refractivity contribution is 6.98. The summed E-state index contributed by atoms with van der Waals surface area (Å²) in [6, 6.07) is 29.9. The molecule has 0 atom stereocenters. The molecule has 5 nitrogen and oxygen atoms in total. The fourth-order valence-electron chi connectivity index (χ4n) is 7.26. The van der Waals surface area contributed by atoms with E-state index in [1.807, 2.05) is 35.3 Å². The van der Waals surface area contributed by atoms with E-state index in [2.05, 4.69) is 121 Å². The van der Waals surface area contributed by atoms with Crippen LogP contribution in [0.2, 0.25) is 0 Å². The highest BCUT2D eigenvalue weighted by atomic mass is 16.5. The van der Waals surface area contributed by atoms with Crippen LogP contribution in [0, 0.1) is 0 Å². The minimum Gasteiger partial charge on any atom is -0.458 e. The van der Waals surface area contributed by atoms with Crippen LogP contribution in [0.15, 0.2) is 104 Å². The number of rotatable bonds is 5. The first kappa shape index (κ1) is 30.3. The molecule has 2 aliphatic heterocycles.